The molecule has 2 fully saturated rings. The van der Waals surface area contributed by atoms with Crippen LogP contribution in [0, 0.1) is 5.82 Å². The highest BCUT2D eigenvalue weighted by molar-refractivity contribution is 5.16. The van der Waals surface area contributed by atoms with Gasteiger partial charge in [0.25, 0.3) is 0 Å². The van der Waals surface area contributed by atoms with Gasteiger partial charge in [-0.05, 0) is 37.5 Å². The lowest BCUT2D eigenvalue weighted by Crippen LogP contribution is -2.46. The Hall–Kier alpha value is -1.79. The molecule has 0 bridgehead atoms. The van der Waals surface area contributed by atoms with Crippen LogP contribution in [-0.2, 0) is 6.54 Å². The quantitative estimate of drug-likeness (QED) is 0.843. The summed E-state index contributed by atoms with van der Waals surface area (Å²) in [6, 6.07) is 7.02. The van der Waals surface area contributed by atoms with E-state index in [2.05, 4.69) is 26.9 Å². The number of benzene rings is 1. The lowest BCUT2D eigenvalue weighted by molar-refractivity contribution is 0.0845. The number of halogens is 1. The lowest BCUT2D eigenvalue weighted by Gasteiger charge is -2.36. The number of piperazine rings is 1. The summed E-state index contributed by atoms with van der Waals surface area (Å²) in [4.78, 5) is 9.31. The first-order chi connectivity index (χ1) is 11.7. The van der Waals surface area contributed by atoms with Gasteiger partial charge < -0.3 is 4.52 Å². The standard InChI is InChI=1S/C18H23FN4O/c1-13(18-20-17(21-24-18)15-5-6-15)23-9-7-22(8-10-23)12-14-3-2-4-16(19)11-14/h2-4,11,13,15H,5-10,12H2,1H3/t13-/m1/s1. The summed E-state index contributed by atoms with van der Waals surface area (Å²) in [6.07, 6.45) is 2.37. The van der Waals surface area contributed by atoms with Gasteiger partial charge in [-0.2, -0.15) is 4.98 Å². The zero-order valence-corrected chi connectivity index (χ0v) is 14.0. The van der Waals surface area contributed by atoms with Crippen molar-refractivity contribution in [1.29, 1.82) is 0 Å². The molecule has 1 saturated carbocycles. The average molecular weight is 330 g/mol. The number of nitrogens with zero attached hydrogens (tertiary/aromatic N) is 4. The van der Waals surface area contributed by atoms with Gasteiger partial charge in [0.15, 0.2) is 5.82 Å². The minimum absolute atomic E-state index is 0.154. The van der Waals surface area contributed by atoms with Crippen molar-refractivity contribution in [3.8, 4) is 0 Å². The maximum atomic E-state index is 13.3. The number of rotatable bonds is 5. The van der Waals surface area contributed by atoms with Crippen molar-refractivity contribution in [3.63, 3.8) is 0 Å². The van der Waals surface area contributed by atoms with E-state index >= 15 is 0 Å². The summed E-state index contributed by atoms with van der Waals surface area (Å²) >= 11 is 0. The van der Waals surface area contributed by atoms with Crippen LogP contribution >= 0.6 is 0 Å². The third-order valence-electron chi connectivity index (χ3n) is 5.01. The Morgan fingerprint density at radius 2 is 2.04 bits per heavy atom. The smallest absolute Gasteiger partial charge is 0.243 e. The van der Waals surface area contributed by atoms with Gasteiger partial charge in [-0.1, -0.05) is 17.3 Å². The third-order valence-corrected chi connectivity index (χ3v) is 5.01. The van der Waals surface area contributed by atoms with Crippen molar-refractivity contribution in [3.05, 3.63) is 47.4 Å². The second-order valence-corrected chi connectivity index (χ2v) is 6.88. The van der Waals surface area contributed by atoms with E-state index < -0.39 is 0 Å². The number of aromatic nitrogens is 2. The monoisotopic (exact) mass is 330 g/mol. The van der Waals surface area contributed by atoms with Crippen LogP contribution in [0.5, 0.6) is 0 Å². The van der Waals surface area contributed by atoms with Crippen molar-refractivity contribution in [2.75, 3.05) is 26.2 Å². The summed E-state index contributed by atoms with van der Waals surface area (Å²) in [5, 5.41) is 4.11. The lowest BCUT2D eigenvalue weighted by atomic mass is 10.1. The zero-order valence-electron chi connectivity index (χ0n) is 14.0. The largest absolute Gasteiger partial charge is 0.338 e. The molecule has 1 aromatic heterocycles. The Bertz CT molecular complexity index is 692. The van der Waals surface area contributed by atoms with Gasteiger partial charge >= 0.3 is 0 Å². The van der Waals surface area contributed by atoms with E-state index in [9.17, 15) is 4.39 Å². The van der Waals surface area contributed by atoms with E-state index in [1.165, 1.54) is 18.9 Å². The average Bonchev–Trinajstić information content (AvgIpc) is 3.32. The van der Waals surface area contributed by atoms with Crippen LogP contribution in [0.15, 0.2) is 28.8 Å². The van der Waals surface area contributed by atoms with Gasteiger partial charge in [0, 0.05) is 38.6 Å². The molecule has 4 rings (SSSR count). The minimum atomic E-state index is -0.164. The van der Waals surface area contributed by atoms with Gasteiger partial charge in [-0.15, -0.1) is 0 Å². The van der Waals surface area contributed by atoms with Crippen LogP contribution in [0.2, 0.25) is 0 Å². The van der Waals surface area contributed by atoms with Crippen molar-refractivity contribution in [2.45, 2.75) is 38.3 Å². The topological polar surface area (TPSA) is 45.4 Å². The molecule has 24 heavy (non-hydrogen) atoms. The van der Waals surface area contributed by atoms with Crippen LogP contribution in [0.25, 0.3) is 0 Å². The maximum absolute atomic E-state index is 13.3. The Morgan fingerprint density at radius 3 is 2.75 bits per heavy atom. The van der Waals surface area contributed by atoms with E-state index in [-0.39, 0.29) is 11.9 Å². The van der Waals surface area contributed by atoms with E-state index in [0.29, 0.717) is 5.92 Å². The summed E-state index contributed by atoms with van der Waals surface area (Å²) in [5.41, 5.74) is 1.03. The molecule has 6 heteroatoms. The normalized spacial score (nSPS) is 21.1. The second-order valence-electron chi connectivity index (χ2n) is 6.88. The SMILES string of the molecule is C[C@H](c1nc(C2CC2)no1)N1CCN(Cc2cccc(F)c2)CC1. The van der Waals surface area contributed by atoms with Crippen molar-refractivity contribution < 1.29 is 8.91 Å². The van der Waals surface area contributed by atoms with Gasteiger partial charge in [0.1, 0.15) is 5.82 Å². The fourth-order valence-corrected chi connectivity index (χ4v) is 3.28. The molecule has 128 valence electrons. The molecule has 2 aromatic rings. The molecule has 2 heterocycles. The summed E-state index contributed by atoms with van der Waals surface area (Å²) in [6.45, 7) is 6.77. The molecule has 0 unspecified atom stereocenters. The molecule has 0 spiro atoms. The molecule has 1 aliphatic carbocycles. The Morgan fingerprint density at radius 1 is 1.25 bits per heavy atom. The van der Waals surface area contributed by atoms with Gasteiger partial charge in [-0.3, -0.25) is 9.80 Å². The van der Waals surface area contributed by atoms with E-state index in [4.69, 9.17) is 4.52 Å². The van der Waals surface area contributed by atoms with Crippen LogP contribution in [0.1, 0.15) is 49.0 Å². The van der Waals surface area contributed by atoms with Crippen molar-refractivity contribution in [2.24, 2.45) is 0 Å². The first-order valence-electron chi connectivity index (χ1n) is 8.73. The second kappa shape index (κ2) is 6.61. The summed E-state index contributed by atoms with van der Waals surface area (Å²) in [7, 11) is 0. The van der Waals surface area contributed by atoms with Crippen LogP contribution in [0.3, 0.4) is 0 Å². The first kappa shape index (κ1) is 15.7. The van der Waals surface area contributed by atoms with Gasteiger partial charge in [-0.25, -0.2) is 4.39 Å². The van der Waals surface area contributed by atoms with Crippen LogP contribution in [0.4, 0.5) is 4.39 Å². The highest BCUT2D eigenvalue weighted by Gasteiger charge is 2.31. The molecule has 0 N–H and O–H groups in total. The molecule has 2 aliphatic rings. The fourth-order valence-electron chi connectivity index (χ4n) is 3.28. The molecule has 0 amide bonds. The van der Waals surface area contributed by atoms with Crippen LogP contribution in [-0.4, -0.2) is 46.1 Å². The highest BCUT2D eigenvalue weighted by Crippen LogP contribution is 2.38. The van der Waals surface area contributed by atoms with Crippen molar-refractivity contribution in [1.82, 2.24) is 19.9 Å². The minimum Gasteiger partial charge on any atom is -0.338 e. The van der Waals surface area contributed by atoms with Crippen LogP contribution < -0.4 is 0 Å². The van der Waals surface area contributed by atoms with E-state index in [1.807, 2.05) is 6.07 Å². The van der Waals surface area contributed by atoms with Gasteiger partial charge in [0.2, 0.25) is 5.89 Å². The molecular formula is C18H23FN4O. The molecule has 1 aromatic carbocycles. The van der Waals surface area contributed by atoms with Gasteiger partial charge in [0.05, 0.1) is 6.04 Å². The molecule has 0 radical (unpaired) electrons. The fraction of sp³-hybridized carbons (Fsp3) is 0.556. The molecule has 1 saturated heterocycles. The van der Waals surface area contributed by atoms with Crippen molar-refractivity contribution >= 4 is 0 Å². The third kappa shape index (κ3) is 3.49. The zero-order chi connectivity index (χ0) is 16.5. The Labute approximate surface area is 141 Å². The first-order valence-corrected chi connectivity index (χ1v) is 8.73. The summed E-state index contributed by atoms with van der Waals surface area (Å²) < 4.78 is 18.7. The number of hydrogen-bond donors (Lipinski definition) is 0. The predicted octanol–water partition coefficient (Wildman–Crippen LogP) is 2.96. The Kier molecular flexibility index (Phi) is 4.33. The Balaban J connectivity index is 1.31. The predicted molar refractivity (Wildman–Crippen MR) is 87.9 cm³/mol. The number of hydrogen-bond acceptors (Lipinski definition) is 5. The summed E-state index contributed by atoms with van der Waals surface area (Å²) in [5.74, 6) is 1.97. The highest BCUT2D eigenvalue weighted by atomic mass is 19.1. The molecule has 5 nitrogen and oxygen atoms in total. The maximum Gasteiger partial charge on any atom is 0.243 e. The molecule has 1 atom stereocenters. The van der Waals surface area contributed by atoms with E-state index in [0.717, 1.165) is 50.0 Å². The molecule has 1 aliphatic heterocycles. The van der Waals surface area contributed by atoms with E-state index in [1.54, 1.807) is 12.1 Å². The molecular weight excluding hydrogens is 307 g/mol.